The van der Waals surface area contributed by atoms with Gasteiger partial charge in [0.25, 0.3) is 0 Å². The Morgan fingerprint density at radius 2 is 1.97 bits per heavy atom. The molecule has 4 rings (SSSR count). The molecule has 164 valence electrons. The molecule has 2 aromatic rings. The van der Waals surface area contributed by atoms with Crippen molar-refractivity contribution in [3.63, 3.8) is 0 Å². The molecule has 31 heavy (non-hydrogen) atoms. The second-order valence-electron chi connectivity index (χ2n) is 8.13. The van der Waals surface area contributed by atoms with Crippen LogP contribution in [0.3, 0.4) is 0 Å². The molecule has 1 amide bonds. The van der Waals surface area contributed by atoms with E-state index in [1.54, 1.807) is 13.0 Å². The highest BCUT2D eigenvalue weighted by Crippen LogP contribution is 2.40. The van der Waals surface area contributed by atoms with Crippen molar-refractivity contribution < 1.29 is 14.6 Å². The first-order valence-electron chi connectivity index (χ1n) is 10.7. The Kier molecular flexibility index (Phi) is 6.21. The molecule has 0 aromatic heterocycles. The van der Waals surface area contributed by atoms with Gasteiger partial charge in [-0.25, -0.2) is 0 Å². The molecule has 7 heteroatoms. The number of aromatic hydroxyl groups is 1. The number of carbonyl (C=O) groups excluding carboxylic acids is 1. The van der Waals surface area contributed by atoms with Crippen LogP contribution in [0.15, 0.2) is 47.5 Å². The van der Waals surface area contributed by atoms with E-state index in [1.807, 2.05) is 48.2 Å². The molecule has 1 atom stereocenters. The monoisotopic (exact) mass is 441 g/mol. The molecule has 2 aromatic carbocycles. The van der Waals surface area contributed by atoms with E-state index >= 15 is 0 Å². The van der Waals surface area contributed by atoms with Gasteiger partial charge in [0.15, 0.2) is 11.5 Å². The number of hydrogen-bond acceptors (Lipinski definition) is 5. The van der Waals surface area contributed by atoms with Crippen LogP contribution in [-0.2, 0) is 4.79 Å². The smallest absolute Gasteiger partial charge is 0.219 e. The summed E-state index contributed by atoms with van der Waals surface area (Å²) in [6.07, 6.45) is 2.06. The molecule has 2 heterocycles. The zero-order valence-corrected chi connectivity index (χ0v) is 18.7. The third-order valence-corrected chi connectivity index (χ3v) is 6.36. The molecule has 1 spiro atoms. The molecular weight excluding hydrogens is 414 g/mol. The highest BCUT2D eigenvalue weighted by Gasteiger charge is 2.41. The van der Waals surface area contributed by atoms with Gasteiger partial charge in [-0.1, -0.05) is 35.9 Å². The molecule has 0 bridgehead atoms. The summed E-state index contributed by atoms with van der Waals surface area (Å²) in [4.78, 5) is 18.8. The maximum absolute atomic E-state index is 11.8. The Bertz CT molecular complexity index is 982. The second kappa shape index (κ2) is 8.89. The van der Waals surface area contributed by atoms with Crippen LogP contribution in [0.4, 0.5) is 0 Å². The van der Waals surface area contributed by atoms with Crippen LogP contribution in [0, 0.1) is 0 Å². The molecule has 0 aliphatic carbocycles. The number of carbonyl (C=O) groups is 1. The maximum Gasteiger partial charge on any atom is 0.219 e. The number of rotatable bonds is 4. The van der Waals surface area contributed by atoms with Crippen LogP contribution in [0.5, 0.6) is 11.5 Å². The number of phenols is 1. The number of phenolic OH excluding ortho intramolecular Hbond substituents is 1. The van der Waals surface area contributed by atoms with Crippen LogP contribution < -0.4 is 10.1 Å². The van der Waals surface area contributed by atoms with Gasteiger partial charge < -0.3 is 14.7 Å². The molecule has 2 aliphatic heterocycles. The normalized spacial score (nSPS) is 20.4. The van der Waals surface area contributed by atoms with Gasteiger partial charge in [0, 0.05) is 61.6 Å². The third-order valence-electron chi connectivity index (χ3n) is 6.11. The van der Waals surface area contributed by atoms with Crippen LogP contribution in [0.1, 0.15) is 50.3 Å². The number of para-hydroxylation sites is 1. The van der Waals surface area contributed by atoms with Gasteiger partial charge in [-0.15, -0.1) is 0 Å². The molecule has 2 N–H and O–H groups in total. The van der Waals surface area contributed by atoms with Gasteiger partial charge in [-0.05, 0) is 30.7 Å². The van der Waals surface area contributed by atoms with E-state index in [1.165, 1.54) is 0 Å². The van der Waals surface area contributed by atoms with E-state index in [0.29, 0.717) is 49.7 Å². The highest BCUT2D eigenvalue weighted by molar-refractivity contribution is 6.30. The molecule has 0 radical (unpaired) electrons. The molecule has 2 aliphatic rings. The summed E-state index contributed by atoms with van der Waals surface area (Å²) in [5.41, 5.74) is 2.29. The lowest BCUT2D eigenvalue weighted by molar-refractivity contribution is -0.130. The minimum atomic E-state index is -0.488. The summed E-state index contributed by atoms with van der Waals surface area (Å²) in [6.45, 7) is 5.29. The van der Waals surface area contributed by atoms with Crippen molar-refractivity contribution in [1.82, 2.24) is 10.2 Å². The Labute approximate surface area is 187 Å². The zero-order valence-electron chi connectivity index (χ0n) is 17.9. The van der Waals surface area contributed by atoms with Gasteiger partial charge >= 0.3 is 0 Å². The summed E-state index contributed by atoms with van der Waals surface area (Å²) in [5, 5.41) is 15.3. The van der Waals surface area contributed by atoms with E-state index in [9.17, 15) is 9.90 Å². The Morgan fingerprint density at radius 1 is 1.26 bits per heavy atom. The van der Waals surface area contributed by atoms with E-state index in [2.05, 4.69) is 5.32 Å². The van der Waals surface area contributed by atoms with Gasteiger partial charge in [0.2, 0.25) is 5.91 Å². The summed E-state index contributed by atoms with van der Waals surface area (Å²) in [6, 6.07) is 13.2. The Morgan fingerprint density at radius 3 is 2.61 bits per heavy atom. The number of benzene rings is 2. The van der Waals surface area contributed by atoms with Gasteiger partial charge in [-0.3, -0.25) is 15.1 Å². The summed E-state index contributed by atoms with van der Waals surface area (Å²) >= 11 is 6.09. The fourth-order valence-electron chi connectivity index (χ4n) is 4.46. The minimum absolute atomic E-state index is 0.0890. The standard InChI is InChI=1S/C24H28ClN3O3/c1-3-31-22-6-4-5-19(23(22)30)21-15-20(17-7-9-18(25)10-8-17)26-24(27-21)11-13-28(14-12-24)16(2)29/h4-10,21,27,30H,3,11-15H2,1-2H3/t21-/m0/s1. The number of ether oxygens (including phenoxy) is 1. The van der Waals surface area contributed by atoms with Crippen molar-refractivity contribution in [2.45, 2.75) is 44.8 Å². The maximum atomic E-state index is 11.8. The number of nitrogens with zero attached hydrogens (tertiary/aromatic N) is 2. The summed E-state index contributed by atoms with van der Waals surface area (Å²) in [5.74, 6) is 0.736. The fraction of sp³-hybridized carbons (Fsp3) is 0.417. The summed E-state index contributed by atoms with van der Waals surface area (Å²) in [7, 11) is 0. The average molecular weight is 442 g/mol. The number of amides is 1. The third kappa shape index (κ3) is 4.55. The number of aliphatic imine (C=N–C) groups is 1. The van der Waals surface area contributed by atoms with Crippen molar-refractivity contribution in [3.8, 4) is 11.5 Å². The molecule has 1 fully saturated rings. The van der Waals surface area contributed by atoms with Crippen LogP contribution in [0.25, 0.3) is 0 Å². The molecule has 0 unspecified atom stereocenters. The zero-order chi connectivity index (χ0) is 22.0. The number of likely N-dealkylation sites (tertiary alicyclic amines) is 1. The Hall–Kier alpha value is -2.57. The fourth-order valence-corrected chi connectivity index (χ4v) is 4.58. The number of piperidine rings is 1. The first kappa shape index (κ1) is 21.7. The van der Waals surface area contributed by atoms with Crippen molar-refractivity contribution in [1.29, 1.82) is 0 Å². The largest absolute Gasteiger partial charge is 0.504 e. The van der Waals surface area contributed by atoms with Gasteiger partial charge in [0.1, 0.15) is 5.66 Å². The first-order chi connectivity index (χ1) is 14.9. The number of halogens is 1. The predicted molar refractivity (Wildman–Crippen MR) is 122 cm³/mol. The topological polar surface area (TPSA) is 74.2 Å². The van der Waals surface area contributed by atoms with E-state index < -0.39 is 5.66 Å². The number of hydrogen-bond donors (Lipinski definition) is 2. The van der Waals surface area contributed by atoms with Crippen molar-refractivity contribution in [2.75, 3.05) is 19.7 Å². The Balaban J connectivity index is 1.71. The van der Waals surface area contributed by atoms with Crippen molar-refractivity contribution >= 4 is 23.2 Å². The summed E-state index contributed by atoms with van der Waals surface area (Å²) < 4.78 is 5.60. The van der Waals surface area contributed by atoms with Crippen molar-refractivity contribution in [2.24, 2.45) is 4.99 Å². The highest BCUT2D eigenvalue weighted by atomic mass is 35.5. The minimum Gasteiger partial charge on any atom is -0.504 e. The van der Waals surface area contributed by atoms with E-state index in [4.69, 9.17) is 21.3 Å². The lowest BCUT2D eigenvalue weighted by Gasteiger charge is -2.45. The molecular formula is C24H28ClN3O3. The number of nitrogens with one attached hydrogen (secondary N) is 1. The average Bonchev–Trinajstić information content (AvgIpc) is 2.76. The van der Waals surface area contributed by atoms with Crippen LogP contribution in [-0.4, -0.2) is 47.0 Å². The first-order valence-corrected chi connectivity index (χ1v) is 11.1. The predicted octanol–water partition coefficient (Wildman–Crippen LogP) is 4.31. The quantitative estimate of drug-likeness (QED) is 0.741. The van der Waals surface area contributed by atoms with Gasteiger partial charge in [-0.2, -0.15) is 0 Å². The van der Waals surface area contributed by atoms with Gasteiger partial charge in [0.05, 0.1) is 6.61 Å². The molecule has 1 saturated heterocycles. The van der Waals surface area contributed by atoms with Crippen LogP contribution >= 0.6 is 11.6 Å². The van der Waals surface area contributed by atoms with Crippen LogP contribution in [0.2, 0.25) is 5.02 Å². The van der Waals surface area contributed by atoms with E-state index in [-0.39, 0.29) is 17.7 Å². The SMILES string of the molecule is CCOc1cccc([C@@H]2CC(c3ccc(Cl)cc3)=NC3(CCN(C(C)=O)CC3)N2)c1O. The van der Waals surface area contributed by atoms with Crippen molar-refractivity contribution in [3.05, 3.63) is 58.6 Å². The molecule has 6 nitrogen and oxygen atoms in total. The molecule has 0 saturated carbocycles. The second-order valence-corrected chi connectivity index (χ2v) is 8.57. The lowest BCUT2D eigenvalue weighted by Crippen LogP contribution is -2.56. The lowest BCUT2D eigenvalue weighted by atomic mass is 9.87. The van der Waals surface area contributed by atoms with E-state index in [0.717, 1.165) is 16.8 Å².